The number of aryl methyl sites for hydroxylation is 1. The molecule has 3 N–H and O–H groups in total. The molecule has 1 heterocycles. The summed E-state index contributed by atoms with van der Waals surface area (Å²) < 4.78 is 1.72. The molecule has 0 radical (unpaired) electrons. The summed E-state index contributed by atoms with van der Waals surface area (Å²) in [4.78, 5) is 0. The molecule has 0 saturated carbocycles. The van der Waals surface area contributed by atoms with Crippen molar-refractivity contribution in [3.63, 3.8) is 0 Å². The van der Waals surface area contributed by atoms with Gasteiger partial charge in [0.1, 0.15) is 0 Å². The Morgan fingerprint density at radius 1 is 1.17 bits per heavy atom. The van der Waals surface area contributed by atoms with Gasteiger partial charge in [0.2, 0.25) is 0 Å². The van der Waals surface area contributed by atoms with E-state index in [9.17, 15) is 0 Å². The van der Waals surface area contributed by atoms with E-state index >= 15 is 0 Å². The van der Waals surface area contributed by atoms with Crippen molar-refractivity contribution < 1.29 is 0 Å². The molecule has 96 valence electrons. The lowest BCUT2D eigenvalue weighted by atomic mass is 9.98. The van der Waals surface area contributed by atoms with Crippen molar-refractivity contribution in [3.8, 4) is 0 Å². The largest absolute Gasteiger partial charge is 0.271 e. The van der Waals surface area contributed by atoms with Gasteiger partial charge in [-0.3, -0.25) is 10.5 Å². The fraction of sp³-hybridized carbons (Fsp3) is 0.385. The van der Waals surface area contributed by atoms with Crippen LogP contribution in [-0.4, -0.2) is 15.0 Å². The third-order valence-electron chi connectivity index (χ3n) is 3.15. The highest BCUT2D eigenvalue weighted by molar-refractivity contribution is 5.30. The van der Waals surface area contributed by atoms with Crippen LogP contribution < -0.4 is 11.3 Å². The predicted molar refractivity (Wildman–Crippen MR) is 70.7 cm³/mol. The van der Waals surface area contributed by atoms with Gasteiger partial charge in [0.15, 0.2) is 0 Å². The molecule has 18 heavy (non-hydrogen) atoms. The van der Waals surface area contributed by atoms with Crippen LogP contribution in [0, 0.1) is 0 Å². The summed E-state index contributed by atoms with van der Waals surface area (Å²) in [5.74, 6) is 6.17. The van der Waals surface area contributed by atoms with Crippen molar-refractivity contribution >= 4 is 0 Å². The standard InChI is InChI=1S/C13H19N5/c1-9(2)10-4-6-11(7-5-10)13(16-14)12-8-15-17-18(12)3/h4-9,13,16H,14H2,1-3H3. The number of hydrogen-bond acceptors (Lipinski definition) is 4. The third kappa shape index (κ3) is 2.42. The number of hydrogen-bond donors (Lipinski definition) is 2. The zero-order chi connectivity index (χ0) is 13.1. The maximum Gasteiger partial charge on any atom is 0.0894 e. The lowest BCUT2D eigenvalue weighted by Gasteiger charge is -2.16. The van der Waals surface area contributed by atoms with Crippen molar-refractivity contribution in [1.82, 2.24) is 20.4 Å². The Balaban J connectivity index is 2.31. The Kier molecular flexibility index (Phi) is 3.74. The van der Waals surface area contributed by atoms with E-state index in [0.29, 0.717) is 5.92 Å². The van der Waals surface area contributed by atoms with Gasteiger partial charge in [-0.1, -0.05) is 43.3 Å². The van der Waals surface area contributed by atoms with Gasteiger partial charge in [-0.05, 0) is 17.0 Å². The number of nitrogens with zero attached hydrogens (tertiary/aromatic N) is 3. The third-order valence-corrected chi connectivity index (χ3v) is 3.15. The Morgan fingerprint density at radius 2 is 1.78 bits per heavy atom. The van der Waals surface area contributed by atoms with E-state index in [1.807, 2.05) is 7.05 Å². The molecule has 0 aliphatic carbocycles. The average Bonchev–Trinajstić information content (AvgIpc) is 2.78. The van der Waals surface area contributed by atoms with Crippen molar-refractivity contribution in [1.29, 1.82) is 0 Å². The number of benzene rings is 1. The second-order valence-electron chi connectivity index (χ2n) is 4.70. The molecule has 0 bridgehead atoms. The quantitative estimate of drug-likeness (QED) is 0.632. The van der Waals surface area contributed by atoms with E-state index in [4.69, 9.17) is 5.84 Å². The fourth-order valence-corrected chi connectivity index (χ4v) is 1.98. The second-order valence-corrected chi connectivity index (χ2v) is 4.70. The molecule has 1 atom stereocenters. The number of rotatable bonds is 4. The molecule has 0 aliphatic heterocycles. The Labute approximate surface area is 107 Å². The molecule has 0 saturated heterocycles. The minimum Gasteiger partial charge on any atom is -0.271 e. The van der Waals surface area contributed by atoms with Gasteiger partial charge in [0, 0.05) is 7.05 Å². The van der Waals surface area contributed by atoms with Crippen molar-refractivity contribution in [3.05, 3.63) is 47.3 Å². The second kappa shape index (κ2) is 5.29. The maximum atomic E-state index is 5.64. The summed E-state index contributed by atoms with van der Waals surface area (Å²) in [5.41, 5.74) is 6.17. The van der Waals surface area contributed by atoms with E-state index < -0.39 is 0 Å². The zero-order valence-corrected chi connectivity index (χ0v) is 11.0. The van der Waals surface area contributed by atoms with Crippen LogP contribution in [0.3, 0.4) is 0 Å². The highest BCUT2D eigenvalue weighted by Crippen LogP contribution is 2.22. The number of hydrazine groups is 1. The van der Waals surface area contributed by atoms with E-state index in [-0.39, 0.29) is 6.04 Å². The van der Waals surface area contributed by atoms with Crippen molar-refractivity contribution in [2.45, 2.75) is 25.8 Å². The van der Waals surface area contributed by atoms with Crippen LogP contribution in [0.25, 0.3) is 0 Å². The molecule has 1 unspecified atom stereocenters. The van der Waals surface area contributed by atoms with E-state index in [1.54, 1.807) is 10.9 Å². The topological polar surface area (TPSA) is 68.8 Å². The van der Waals surface area contributed by atoms with E-state index in [2.05, 4.69) is 53.9 Å². The highest BCUT2D eigenvalue weighted by atomic mass is 15.4. The molecule has 0 fully saturated rings. The molecular weight excluding hydrogens is 226 g/mol. The molecule has 5 nitrogen and oxygen atoms in total. The summed E-state index contributed by atoms with van der Waals surface area (Å²) in [7, 11) is 1.86. The molecule has 5 heteroatoms. The minimum atomic E-state index is -0.0915. The van der Waals surface area contributed by atoms with E-state index in [1.165, 1.54) is 5.56 Å². The number of nitrogens with one attached hydrogen (secondary N) is 1. The average molecular weight is 245 g/mol. The minimum absolute atomic E-state index is 0.0915. The maximum absolute atomic E-state index is 5.64. The summed E-state index contributed by atoms with van der Waals surface area (Å²) in [6.45, 7) is 4.36. The fourth-order valence-electron chi connectivity index (χ4n) is 1.98. The molecule has 1 aromatic heterocycles. The van der Waals surface area contributed by atoms with Gasteiger partial charge >= 0.3 is 0 Å². The lowest BCUT2D eigenvalue weighted by Crippen LogP contribution is -2.30. The first-order valence-corrected chi connectivity index (χ1v) is 6.04. The van der Waals surface area contributed by atoms with Gasteiger partial charge in [-0.25, -0.2) is 5.43 Å². The summed E-state index contributed by atoms with van der Waals surface area (Å²) in [6, 6.07) is 8.35. The monoisotopic (exact) mass is 245 g/mol. The smallest absolute Gasteiger partial charge is 0.0894 e. The first-order valence-electron chi connectivity index (χ1n) is 6.04. The van der Waals surface area contributed by atoms with Crippen LogP contribution in [0.1, 0.15) is 42.6 Å². The number of aromatic nitrogens is 3. The molecule has 0 amide bonds. The van der Waals surface area contributed by atoms with Gasteiger partial charge in [-0.2, -0.15) is 0 Å². The molecule has 0 aliphatic rings. The predicted octanol–water partition coefficient (Wildman–Crippen LogP) is 1.49. The Bertz CT molecular complexity index is 500. The molecule has 1 aromatic carbocycles. The molecule has 2 aromatic rings. The van der Waals surface area contributed by atoms with Gasteiger partial charge in [0.25, 0.3) is 0 Å². The Morgan fingerprint density at radius 3 is 2.22 bits per heavy atom. The van der Waals surface area contributed by atoms with Gasteiger partial charge < -0.3 is 0 Å². The van der Waals surface area contributed by atoms with Crippen LogP contribution in [0.2, 0.25) is 0 Å². The van der Waals surface area contributed by atoms with Crippen LogP contribution in [0.15, 0.2) is 30.5 Å². The molecule has 2 rings (SSSR count). The van der Waals surface area contributed by atoms with Gasteiger partial charge in [-0.15, -0.1) is 5.10 Å². The summed E-state index contributed by atoms with van der Waals surface area (Å²) >= 11 is 0. The summed E-state index contributed by atoms with van der Waals surface area (Å²) in [6.07, 6.45) is 1.72. The highest BCUT2D eigenvalue weighted by Gasteiger charge is 2.16. The lowest BCUT2D eigenvalue weighted by molar-refractivity contribution is 0.570. The summed E-state index contributed by atoms with van der Waals surface area (Å²) in [5, 5.41) is 7.81. The van der Waals surface area contributed by atoms with E-state index in [0.717, 1.165) is 11.3 Å². The normalized spacial score (nSPS) is 12.9. The zero-order valence-electron chi connectivity index (χ0n) is 11.0. The van der Waals surface area contributed by atoms with Crippen LogP contribution in [0.5, 0.6) is 0 Å². The first-order chi connectivity index (χ1) is 8.63. The van der Waals surface area contributed by atoms with Crippen molar-refractivity contribution in [2.75, 3.05) is 0 Å². The molecular formula is C13H19N5. The number of nitrogens with two attached hydrogens (primary N) is 1. The van der Waals surface area contributed by atoms with Crippen LogP contribution >= 0.6 is 0 Å². The SMILES string of the molecule is CC(C)c1ccc(C(NN)c2cnnn2C)cc1. The van der Waals surface area contributed by atoms with Crippen LogP contribution in [0.4, 0.5) is 0 Å². The molecule has 0 spiro atoms. The van der Waals surface area contributed by atoms with Crippen molar-refractivity contribution in [2.24, 2.45) is 12.9 Å². The van der Waals surface area contributed by atoms with Gasteiger partial charge in [0.05, 0.1) is 17.9 Å². The Hall–Kier alpha value is -1.72. The van der Waals surface area contributed by atoms with Crippen LogP contribution in [-0.2, 0) is 7.05 Å². The first kappa shape index (κ1) is 12.7.